The molecule has 0 bridgehead atoms. The van der Waals surface area contributed by atoms with Crippen LogP contribution in [-0.2, 0) is 4.79 Å². The van der Waals surface area contributed by atoms with E-state index in [2.05, 4.69) is 15.3 Å². The van der Waals surface area contributed by atoms with E-state index in [1.165, 1.54) is 19.3 Å². The summed E-state index contributed by atoms with van der Waals surface area (Å²) in [6.45, 7) is 0. The minimum atomic E-state index is -0.114. The van der Waals surface area contributed by atoms with Crippen molar-refractivity contribution in [3.63, 3.8) is 0 Å². The molecule has 1 fully saturated rings. The molecule has 1 saturated carbocycles. The Morgan fingerprint density at radius 3 is 2.75 bits per heavy atom. The minimum Gasteiger partial charge on any atom is -0.359 e. The van der Waals surface area contributed by atoms with Crippen LogP contribution in [0.15, 0.2) is 18.6 Å². The van der Waals surface area contributed by atoms with E-state index in [0.717, 1.165) is 19.1 Å². The molecule has 0 saturated heterocycles. The molecule has 0 amide bonds. The summed E-state index contributed by atoms with van der Waals surface area (Å²) in [4.78, 5) is 19.2. The molecule has 1 aliphatic carbocycles. The van der Waals surface area contributed by atoms with Gasteiger partial charge in [-0.25, -0.2) is 4.98 Å². The topological polar surface area (TPSA) is 54.9 Å². The van der Waals surface area contributed by atoms with E-state index >= 15 is 0 Å². The molecule has 0 aromatic carbocycles. The van der Waals surface area contributed by atoms with E-state index < -0.39 is 0 Å². The molecule has 0 spiro atoms. The number of nitrogens with one attached hydrogen (secondary N) is 1. The first kappa shape index (κ1) is 11.0. The number of hydrogen-bond acceptors (Lipinski definition) is 4. The van der Waals surface area contributed by atoms with Crippen molar-refractivity contribution in [2.24, 2.45) is 5.92 Å². The van der Waals surface area contributed by atoms with Gasteiger partial charge >= 0.3 is 0 Å². The molecular formula is C12H17N3O. The molecule has 16 heavy (non-hydrogen) atoms. The van der Waals surface area contributed by atoms with Gasteiger partial charge in [0, 0.05) is 12.4 Å². The first-order chi connectivity index (χ1) is 7.90. The summed E-state index contributed by atoms with van der Waals surface area (Å²) in [6, 6.07) is -0.114. The number of aldehydes is 1. The first-order valence-electron chi connectivity index (χ1n) is 5.88. The Morgan fingerprint density at radius 2 is 2.12 bits per heavy atom. The van der Waals surface area contributed by atoms with Crippen molar-refractivity contribution >= 4 is 12.1 Å². The van der Waals surface area contributed by atoms with Crippen LogP contribution >= 0.6 is 0 Å². The zero-order chi connectivity index (χ0) is 11.2. The second kappa shape index (κ2) is 5.58. The normalized spacial score (nSPS) is 19.0. The van der Waals surface area contributed by atoms with E-state index in [9.17, 15) is 4.79 Å². The van der Waals surface area contributed by atoms with Gasteiger partial charge in [-0.05, 0) is 18.8 Å². The van der Waals surface area contributed by atoms with Gasteiger partial charge in [-0.15, -0.1) is 0 Å². The van der Waals surface area contributed by atoms with Gasteiger partial charge in [0.1, 0.15) is 12.1 Å². The van der Waals surface area contributed by atoms with Crippen molar-refractivity contribution in [1.82, 2.24) is 9.97 Å². The van der Waals surface area contributed by atoms with E-state index in [1.807, 2.05) is 0 Å². The summed E-state index contributed by atoms with van der Waals surface area (Å²) in [5, 5.41) is 3.16. The third-order valence-corrected chi connectivity index (χ3v) is 3.18. The first-order valence-corrected chi connectivity index (χ1v) is 5.88. The maximum atomic E-state index is 11.1. The SMILES string of the molecule is O=CC(Nc1cnccn1)C1CCCCC1. The number of carbonyl (C=O) groups excluding carboxylic acids is 1. The highest BCUT2D eigenvalue weighted by molar-refractivity contribution is 5.63. The summed E-state index contributed by atoms with van der Waals surface area (Å²) in [6.07, 6.45) is 12.0. The fourth-order valence-electron chi connectivity index (χ4n) is 2.30. The molecule has 0 radical (unpaired) electrons. The van der Waals surface area contributed by atoms with Crippen molar-refractivity contribution in [3.8, 4) is 0 Å². The summed E-state index contributed by atoms with van der Waals surface area (Å²) < 4.78 is 0. The molecule has 0 aliphatic heterocycles. The summed E-state index contributed by atoms with van der Waals surface area (Å²) in [5.74, 6) is 1.14. The molecule has 1 aromatic heterocycles. The van der Waals surface area contributed by atoms with Gasteiger partial charge in [0.15, 0.2) is 0 Å². The zero-order valence-corrected chi connectivity index (χ0v) is 9.30. The molecule has 86 valence electrons. The highest BCUT2D eigenvalue weighted by atomic mass is 16.1. The minimum absolute atomic E-state index is 0.114. The standard InChI is InChI=1S/C12H17N3O/c16-9-11(10-4-2-1-3-5-10)15-12-8-13-6-7-14-12/h6-11H,1-5H2,(H,14,15). The summed E-state index contributed by atoms with van der Waals surface area (Å²) >= 11 is 0. The van der Waals surface area contributed by atoms with Crippen molar-refractivity contribution < 1.29 is 4.79 Å². The molecule has 1 N–H and O–H groups in total. The lowest BCUT2D eigenvalue weighted by atomic mass is 9.84. The molecular weight excluding hydrogens is 202 g/mol. The average molecular weight is 219 g/mol. The van der Waals surface area contributed by atoms with Gasteiger partial charge in [-0.1, -0.05) is 19.3 Å². The smallest absolute Gasteiger partial charge is 0.145 e. The number of anilines is 1. The summed E-state index contributed by atoms with van der Waals surface area (Å²) in [5.41, 5.74) is 0. The third kappa shape index (κ3) is 2.78. The Balaban J connectivity index is 1.97. The monoisotopic (exact) mass is 219 g/mol. The van der Waals surface area contributed by atoms with E-state index in [-0.39, 0.29) is 6.04 Å². The Kier molecular flexibility index (Phi) is 3.86. The maximum Gasteiger partial charge on any atom is 0.145 e. The van der Waals surface area contributed by atoms with Gasteiger partial charge in [0.05, 0.1) is 12.2 Å². The van der Waals surface area contributed by atoms with Crippen LogP contribution in [0.25, 0.3) is 0 Å². The Labute approximate surface area is 95.5 Å². The average Bonchev–Trinajstić information content (AvgIpc) is 2.38. The van der Waals surface area contributed by atoms with Crippen molar-refractivity contribution in [1.29, 1.82) is 0 Å². The largest absolute Gasteiger partial charge is 0.359 e. The highest BCUT2D eigenvalue weighted by Crippen LogP contribution is 2.27. The molecule has 1 atom stereocenters. The van der Waals surface area contributed by atoms with E-state index in [1.54, 1.807) is 18.6 Å². The lowest BCUT2D eigenvalue weighted by molar-refractivity contribution is -0.109. The molecule has 4 nitrogen and oxygen atoms in total. The van der Waals surface area contributed by atoms with Gasteiger partial charge < -0.3 is 10.1 Å². The van der Waals surface area contributed by atoms with Crippen molar-refractivity contribution in [2.75, 3.05) is 5.32 Å². The van der Waals surface area contributed by atoms with E-state index in [4.69, 9.17) is 0 Å². The lowest BCUT2D eigenvalue weighted by Gasteiger charge is -2.27. The Morgan fingerprint density at radius 1 is 1.31 bits per heavy atom. The van der Waals surface area contributed by atoms with Crippen LogP contribution in [0.2, 0.25) is 0 Å². The van der Waals surface area contributed by atoms with Crippen LogP contribution in [0.4, 0.5) is 5.82 Å². The number of aromatic nitrogens is 2. The third-order valence-electron chi connectivity index (χ3n) is 3.18. The van der Waals surface area contributed by atoms with Crippen molar-refractivity contribution in [2.45, 2.75) is 38.1 Å². The van der Waals surface area contributed by atoms with Crippen molar-refractivity contribution in [3.05, 3.63) is 18.6 Å². The molecule has 4 heteroatoms. The van der Waals surface area contributed by atoms with E-state index in [0.29, 0.717) is 11.7 Å². The van der Waals surface area contributed by atoms with Gasteiger partial charge in [-0.3, -0.25) is 4.98 Å². The zero-order valence-electron chi connectivity index (χ0n) is 9.30. The molecule has 1 heterocycles. The number of rotatable bonds is 4. The van der Waals surface area contributed by atoms with Crippen LogP contribution in [-0.4, -0.2) is 22.3 Å². The van der Waals surface area contributed by atoms with Crippen LogP contribution in [0.5, 0.6) is 0 Å². The highest BCUT2D eigenvalue weighted by Gasteiger charge is 2.23. The summed E-state index contributed by atoms with van der Waals surface area (Å²) in [7, 11) is 0. The second-order valence-corrected chi connectivity index (χ2v) is 4.29. The Bertz CT molecular complexity index is 322. The molecule has 1 unspecified atom stereocenters. The maximum absolute atomic E-state index is 11.1. The molecule has 1 aromatic rings. The van der Waals surface area contributed by atoms with Gasteiger partial charge in [0.2, 0.25) is 0 Å². The number of carbonyl (C=O) groups is 1. The second-order valence-electron chi connectivity index (χ2n) is 4.29. The Hall–Kier alpha value is -1.45. The quantitative estimate of drug-likeness (QED) is 0.787. The van der Waals surface area contributed by atoms with Crippen LogP contribution < -0.4 is 5.32 Å². The fraction of sp³-hybridized carbons (Fsp3) is 0.583. The van der Waals surface area contributed by atoms with Gasteiger partial charge in [-0.2, -0.15) is 0 Å². The van der Waals surface area contributed by atoms with Crippen LogP contribution in [0.1, 0.15) is 32.1 Å². The predicted octanol–water partition coefficient (Wildman–Crippen LogP) is 2.04. The fourth-order valence-corrected chi connectivity index (χ4v) is 2.30. The van der Waals surface area contributed by atoms with Gasteiger partial charge in [0.25, 0.3) is 0 Å². The number of nitrogens with zero attached hydrogens (tertiary/aromatic N) is 2. The van der Waals surface area contributed by atoms with Crippen LogP contribution in [0, 0.1) is 5.92 Å². The van der Waals surface area contributed by atoms with Crippen LogP contribution in [0.3, 0.4) is 0 Å². The lowest BCUT2D eigenvalue weighted by Crippen LogP contribution is -2.32. The predicted molar refractivity (Wildman–Crippen MR) is 62.1 cm³/mol. The molecule has 1 aliphatic rings. The molecule has 2 rings (SSSR count). The number of hydrogen-bond donors (Lipinski definition) is 1.